The molecule has 0 fully saturated rings. The fourth-order valence-electron chi connectivity index (χ4n) is 1.83. The molecule has 0 unspecified atom stereocenters. The molecule has 2 rings (SSSR count). The number of methoxy groups -OCH3 is 1. The summed E-state index contributed by atoms with van der Waals surface area (Å²) in [5.41, 5.74) is 0.835. The van der Waals surface area contributed by atoms with Crippen LogP contribution in [0.15, 0.2) is 33.8 Å². The Morgan fingerprint density at radius 1 is 1.48 bits per heavy atom. The van der Waals surface area contributed by atoms with Gasteiger partial charge in [-0.1, -0.05) is 6.07 Å². The van der Waals surface area contributed by atoms with Gasteiger partial charge in [0.25, 0.3) is 5.56 Å². The van der Waals surface area contributed by atoms with Crippen LogP contribution in [0.4, 0.5) is 5.69 Å². The van der Waals surface area contributed by atoms with E-state index >= 15 is 0 Å². The van der Waals surface area contributed by atoms with Gasteiger partial charge in [-0.3, -0.25) is 19.5 Å². The Balaban J connectivity index is 2.41. The van der Waals surface area contributed by atoms with E-state index in [0.29, 0.717) is 15.7 Å². The zero-order chi connectivity index (χ0) is 15.6. The molecule has 0 atom stereocenters. The number of rotatable bonds is 4. The molecule has 21 heavy (non-hydrogen) atoms. The van der Waals surface area contributed by atoms with Crippen LogP contribution in [0.2, 0.25) is 0 Å². The Labute approximate surface area is 128 Å². The van der Waals surface area contributed by atoms with E-state index in [9.17, 15) is 14.9 Å². The molecule has 0 aliphatic heterocycles. The number of ether oxygens (including phenoxy) is 1. The van der Waals surface area contributed by atoms with Crippen molar-refractivity contribution in [3.05, 3.63) is 60.7 Å². The molecule has 7 nitrogen and oxygen atoms in total. The Morgan fingerprint density at radius 2 is 2.19 bits per heavy atom. The molecule has 0 radical (unpaired) electrons. The van der Waals surface area contributed by atoms with Crippen molar-refractivity contribution < 1.29 is 9.66 Å². The van der Waals surface area contributed by atoms with Crippen molar-refractivity contribution in [2.24, 2.45) is 0 Å². The molecule has 8 heteroatoms. The van der Waals surface area contributed by atoms with Gasteiger partial charge >= 0.3 is 5.69 Å². The molecule has 0 aliphatic rings. The number of nitrogens with zero attached hydrogens (tertiary/aromatic N) is 3. The first-order chi connectivity index (χ1) is 9.93. The van der Waals surface area contributed by atoms with Gasteiger partial charge in [0, 0.05) is 6.07 Å². The third-order valence-corrected chi connectivity index (χ3v) is 3.86. The van der Waals surface area contributed by atoms with Gasteiger partial charge in [0.05, 0.1) is 30.6 Å². The summed E-state index contributed by atoms with van der Waals surface area (Å²) in [6.45, 7) is 1.91. The molecule has 0 aliphatic carbocycles. The first-order valence-corrected chi connectivity index (χ1v) is 6.76. The van der Waals surface area contributed by atoms with E-state index in [1.54, 1.807) is 13.0 Å². The molecule has 110 valence electrons. The third-order valence-electron chi connectivity index (χ3n) is 2.95. The highest BCUT2D eigenvalue weighted by Crippen LogP contribution is 2.27. The van der Waals surface area contributed by atoms with Crippen molar-refractivity contribution in [2.75, 3.05) is 7.11 Å². The van der Waals surface area contributed by atoms with E-state index in [2.05, 4.69) is 20.9 Å². The van der Waals surface area contributed by atoms with Crippen molar-refractivity contribution in [1.29, 1.82) is 0 Å². The number of hydrogen-bond donors (Lipinski definition) is 0. The van der Waals surface area contributed by atoms with Gasteiger partial charge in [-0.05, 0) is 34.5 Å². The summed E-state index contributed by atoms with van der Waals surface area (Å²) in [6, 6.07) is 4.57. The molecule has 0 bridgehead atoms. The number of nitro groups is 1. The van der Waals surface area contributed by atoms with E-state index in [1.165, 1.54) is 30.1 Å². The Hall–Kier alpha value is -2.22. The van der Waals surface area contributed by atoms with Gasteiger partial charge < -0.3 is 4.74 Å². The maximum atomic E-state index is 12.1. The number of aryl methyl sites for hydroxylation is 1. The molecule has 0 N–H and O–H groups in total. The largest absolute Gasteiger partial charge is 0.490 e. The summed E-state index contributed by atoms with van der Waals surface area (Å²) in [4.78, 5) is 26.6. The number of halogens is 1. The molecule has 1 aromatic carbocycles. The van der Waals surface area contributed by atoms with Crippen LogP contribution in [-0.2, 0) is 6.54 Å². The second kappa shape index (κ2) is 6.04. The quantitative estimate of drug-likeness (QED) is 0.621. The molecule has 2 aromatic rings. The Morgan fingerprint density at radius 3 is 2.81 bits per heavy atom. The summed E-state index contributed by atoms with van der Waals surface area (Å²) in [5, 5.41) is 11.0. The van der Waals surface area contributed by atoms with Crippen LogP contribution < -0.4 is 10.3 Å². The number of nitro benzene ring substituents is 1. The topological polar surface area (TPSA) is 87.3 Å². The average molecular weight is 354 g/mol. The van der Waals surface area contributed by atoms with E-state index in [-0.39, 0.29) is 23.5 Å². The number of hydrogen-bond acceptors (Lipinski definition) is 5. The molecular formula is C13H12BrN3O4. The van der Waals surface area contributed by atoms with Gasteiger partial charge in [0.2, 0.25) is 0 Å². The van der Waals surface area contributed by atoms with Crippen LogP contribution in [0.25, 0.3) is 0 Å². The summed E-state index contributed by atoms with van der Waals surface area (Å²) in [7, 11) is 1.37. The van der Waals surface area contributed by atoms with E-state index in [0.717, 1.165) is 0 Å². The first-order valence-electron chi connectivity index (χ1n) is 5.97. The van der Waals surface area contributed by atoms with Gasteiger partial charge in [-0.2, -0.15) is 0 Å². The fourth-order valence-corrected chi connectivity index (χ4v) is 2.16. The molecule has 1 heterocycles. The molecule has 0 saturated carbocycles. The highest BCUT2D eigenvalue weighted by Gasteiger charge is 2.15. The van der Waals surface area contributed by atoms with Crippen molar-refractivity contribution in [3.8, 4) is 5.75 Å². The predicted molar refractivity (Wildman–Crippen MR) is 79.7 cm³/mol. The average Bonchev–Trinajstić information content (AvgIpc) is 2.47. The van der Waals surface area contributed by atoms with Gasteiger partial charge in [-0.25, -0.2) is 4.98 Å². The molecular weight excluding hydrogens is 342 g/mol. The van der Waals surface area contributed by atoms with Gasteiger partial charge in [0.1, 0.15) is 4.47 Å². The minimum absolute atomic E-state index is 0.137. The molecule has 0 amide bonds. The van der Waals surface area contributed by atoms with Crippen LogP contribution in [0, 0.1) is 17.0 Å². The van der Waals surface area contributed by atoms with Crippen molar-refractivity contribution in [3.63, 3.8) is 0 Å². The summed E-state index contributed by atoms with van der Waals surface area (Å²) in [6.07, 6.45) is 1.42. The van der Waals surface area contributed by atoms with Gasteiger partial charge in [0.15, 0.2) is 5.75 Å². The summed E-state index contributed by atoms with van der Waals surface area (Å²) in [5.74, 6) is 0.180. The van der Waals surface area contributed by atoms with Crippen LogP contribution in [0.1, 0.15) is 11.3 Å². The number of aromatic nitrogens is 2. The van der Waals surface area contributed by atoms with Crippen LogP contribution in [-0.4, -0.2) is 21.6 Å². The highest BCUT2D eigenvalue weighted by atomic mass is 79.9. The first kappa shape index (κ1) is 15.2. The minimum atomic E-state index is -0.519. The second-order valence-corrected chi connectivity index (χ2v) is 5.13. The zero-order valence-corrected chi connectivity index (χ0v) is 13.0. The maximum Gasteiger partial charge on any atom is 0.311 e. The summed E-state index contributed by atoms with van der Waals surface area (Å²) >= 11 is 3.18. The molecule has 0 saturated heterocycles. The van der Waals surface area contributed by atoms with Crippen LogP contribution in [0.3, 0.4) is 0 Å². The molecule has 1 aromatic heterocycles. The lowest BCUT2D eigenvalue weighted by Gasteiger charge is -2.08. The fraction of sp³-hybridized carbons (Fsp3) is 0.231. The van der Waals surface area contributed by atoms with E-state index in [4.69, 9.17) is 4.74 Å². The van der Waals surface area contributed by atoms with Crippen molar-refractivity contribution >= 4 is 21.6 Å². The predicted octanol–water partition coefficient (Wildman–Crippen LogP) is 2.28. The SMILES string of the molecule is COc1ccc(Cn2cnc(C)c(Br)c2=O)cc1[N+](=O)[O-]. The monoisotopic (exact) mass is 353 g/mol. The van der Waals surface area contributed by atoms with E-state index in [1.807, 2.05) is 0 Å². The highest BCUT2D eigenvalue weighted by molar-refractivity contribution is 9.10. The van der Waals surface area contributed by atoms with E-state index < -0.39 is 4.92 Å². The lowest BCUT2D eigenvalue weighted by Crippen LogP contribution is -2.22. The van der Waals surface area contributed by atoms with Crippen LogP contribution >= 0.6 is 15.9 Å². The lowest BCUT2D eigenvalue weighted by molar-refractivity contribution is -0.385. The standard InChI is InChI=1S/C13H12BrN3O4/c1-8-12(14)13(18)16(7-15-8)6-9-3-4-11(21-2)10(5-9)17(19)20/h3-5,7H,6H2,1-2H3. The normalized spacial score (nSPS) is 10.4. The third kappa shape index (κ3) is 3.10. The second-order valence-electron chi connectivity index (χ2n) is 4.34. The minimum Gasteiger partial charge on any atom is -0.490 e. The van der Waals surface area contributed by atoms with Gasteiger partial charge in [-0.15, -0.1) is 0 Å². The Kier molecular flexibility index (Phi) is 4.37. The Bertz CT molecular complexity index is 758. The molecule has 0 spiro atoms. The smallest absolute Gasteiger partial charge is 0.311 e. The number of benzene rings is 1. The summed E-state index contributed by atoms with van der Waals surface area (Å²) < 4.78 is 6.70. The van der Waals surface area contributed by atoms with Crippen molar-refractivity contribution in [1.82, 2.24) is 9.55 Å². The lowest BCUT2D eigenvalue weighted by atomic mass is 10.2. The maximum absolute atomic E-state index is 12.1. The van der Waals surface area contributed by atoms with Crippen LogP contribution in [0.5, 0.6) is 5.75 Å². The van der Waals surface area contributed by atoms with Crippen molar-refractivity contribution in [2.45, 2.75) is 13.5 Å². The zero-order valence-electron chi connectivity index (χ0n) is 11.4.